The summed E-state index contributed by atoms with van der Waals surface area (Å²) in [7, 11) is -5.09. The second-order valence-electron chi connectivity index (χ2n) is 14.9. The van der Waals surface area contributed by atoms with Crippen molar-refractivity contribution < 1.29 is 47.2 Å². The van der Waals surface area contributed by atoms with Crippen LogP contribution in [0.4, 0.5) is 4.39 Å². The second-order valence-corrected chi connectivity index (χ2v) is 16.5. The van der Waals surface area contributed by atoms with Crippen LogP contribution in [-0.2, 0) is 18.9 Å². The molecule has 0 aliphatic carbocycles. The van der Waals surface area contributed by atoms with E-state index in [1.54, 1.807) is 28.0 Å². The molecule has 0 radical (unpaired) electrons. The fraction of sp³-hybridized carbons (Fsp3) is 0.341. The summed E-state index contributed by atoms with van der Waals surface area (Å²) in [6, 6.07) is 20.7. The maximum Gasteiger partial charge on any atom is 0.363 e. The van der Waals surface area contributed by atoms with Crippen LogP contribution in [0.5, 0.6) is 0 Å². The normalized spacial score (nSPS) is 22.2. The summed E-state index contributed by atoms with van der Waals surface area (Å²) in [5, 5.41) is 8.36. The van der Waals surface area contributed by atoms with Crippen molar-refractivity contribution in [2.24, 2.45) is 0 Å². The highest BCUT2D eigenvalue weighted by Gasteiger charge is 2.48. The van der Waals surface area contributed by atoms with Gasteiger partial charge < -0.3 is 39.1 Å². The number of morpholine rings is 1. The van der Waals surface area contributed by atoms with Gasteiger partial charge in [0.2, 0.25) is 17.7 Å². The molecule has 296 valence electrons. The monoisotopic (exact) mass is 797 g/mol. The van der Waals surface area contributed by atoms with Crippen molar-refractivity contribution >= 4 is 53.0 Å². The lowest BCUT2D eigenvalue weighted by molar-refractivity contribution is -0.152. The number of ether oxygens (including phenoxy) is 1. The molecule has 57 heavy (non-hydrogen) atoms. The average molecular weight is 798 g/mol. The number of carbonyl (C=O) groups is 4. The molecule has 5 aromatic rings. The van der Waals surface area contributed by atoms with Crippen LogP contribution in [0.15, 0.2) is 89.5 Å². The van der Waals surface area contributed by atoms with E-state index in [1.807, 2.05) is 43.3 Å². The van der Waals surface area contributed by atoms with Crippen molar-refractivity contribution in [3.05, 3.63) is 113 Å². The lowest BCUT2D eigenvalue weighted by Gasteiger charge is -2.42. The number of aromatic nitrogens is 1. The molecule has 3 aliphatic rings. The highest BCUT2D eigenvalue weighted by molar-refractivity contribution is 7.51. The summed E-state index contributed by atoms with van der Waals surface area (Å²) >= 11 is 0. The molecule has 4 aromatic carbocycles. The van der Waals surface area contributed by atoms with Gasteiger partial charge in [0.1, 0.15) is 12.1 Å². The van der Waals surface area contributed by atoms with Crippen molar-refractivity contribution in [2.45, 2.75) is 56.3 Å². The van der Waals surface area contributed by atoms with Crippen molar-refractivity contribution in [1.82, 2.24) is 25.2 Å². The molecule has 14 nitrogen and oxygen atoms in total. The van der Waals surface area contributed by atoms with Gasteiger partial charge in [0.15, 0.2) is 11.3 Å². The van der Waals surface area contributed by atoms with E-state index in [9.17, 15) is 37.9 Å². The van der Waals surface area contributed by atoms with Crippen LogP contribution in [0.2, 0.25) is 0 Å². The van der Waals surface area contributed by atoms with E-state index in [1.165, 1.54) is 35.2 Å². The molecule has 16 heteroatoms. The molecule has 4 heterocycles. The van der Waals surface area contributed by atoms with Gasteiger partial charge in [-0.1, -0.05) is 65.3 Å². The number of hydrogen-bond acceptors (Lipinski definition) is 8. The minimum Gasteiger partial charge on any atom is -0.377 e. The predicted molar refractivity (Wildman–Crippen MR) is 206 cm³/mol. The first-order chi connectivity index (χ1) is 27.4. The third-order valence-corrected chi connectivity index (χ3v) is 12.1. The van der Waals surface area contributed by atoms with Gasteiger partial charge in [-0.2, -0.15) is 0 Å². The molecule has 0 saturated carbocycles. The fourth-order valence-corrected chi connectivity index (χ4v) is 8.81. The van der Waals surface area contributed by atoms with E-state index in [2.05, 4.69) is 10.5 Å². The Morgan fingerprint density at radius 2 is 1.74 bits per heavy atom. The number of aryl methyl sites for hydroxylation is 1. The van der Waals surface area contributed by atoms with Crippen LogP contribution >= 0.6 is 7.60 Å². The zero-order valence-corrected chi connectivity index (χ0v) is 31.9. The number of nitrogens with zero attached hydrogens (tertiary/aromatic N) is 4. The van der Waals surface area contributed by atoms with Crippen molar-refractivity contribution in [1.29, 1.82) is 0 Å². The van der Waals surface area contributed by atoms with Gasteiger partial charge in [0.05, 0.1) is 31.2 Å². The van der Waals surface area contributed by atoms with E-state index >= 15 is 0 Å². The van der Waals surface area contributed by atoms with Crippen LogP contribution in [0.3, 0.4) is 0 Å². The van der Waals surface area contributed by atoms with E-state index in [-0.39, 0.29) is 41.9 Å². The Morgan fingerprint density at radius 1 is 0.947 bits per heavy atom. The molecule has 0 bridgehead atoms. The Balaban J connectivity index is 1.11. The molecule has 3 N–H and O–H groups in total. The number of alkyl halides is 1. The van der Waals surface area contributed by atoms with Crippen LogP contribution < -0.4 is 5.32 Å². The predicted octanol–water partition coefficient (Wildman–Crippen LogP) is 5.04. The number of carbonyl (C=O) groups excluding carboxylic acids is 4. The maximum absolute atomic E-state index is 14.9. The van der Waals surface area contributed by atoms with Crippen LogP contribution in [0.25, 0.3) is 21.7 Å². The maximum atomic E-state index is 14.9. The highest BCUT2D eigenvalue weighted by Crippen LogP contribution is 2.53. The lowest BCUT2D eigenvalue weighted by atomic mass is 10.0. The summed E-state index contributed by atoms with van der Waals surface area (Å²) in [5.74, 6) is -4.44. The van der Waals surface area contributed by atoms with Gasteiger partial charge in [-0.25, -0.2) is 4.39 Å². The van der Waals surface area contributed by atoms with E-state index in [0.717, 1.165) is 11.1 Å². The largest absolute Gasteiger partial charge is 0.377 e. The molecule has 3 fully saturated rings. The number of amides is 4. The summed E-state index contributed by atoms with van der Waals surface area (Å²) in [6.07, 6.45) is 1.29. The zero-order chi connectivity index (χ0) is 40.0. The van der Waals surface area contributed by atoms with E-state index in [4.69, 9.17) is 9.26 Å². The van der Waals surface area contributed by atoms with Gasteiger partial charge >= 0.3 is 7.60 Å². The first-order valence-electron chi connectivity index (χ1n) is 18.8. The molecule has 3 aliphatic heterocycles. The molecule has 3 saturated heterocycles. The van der Waals surface area contributed by atoms with E-state index in [0.29, 0.717) is 60.8 Å². The van der Waals surface area contributed by atoms with Gasteiger partial charge in [-0.3, -0.25) is 23.7 Å². The minimum atomic E-state index is -5.09. The first kappa shape index (κ1) is 38.4. The van der Waals surface area contributed by atoms with E-state index < -0.39 is 49.4 Å². The average Bonchev–Trinajstić information content (AvgIpc) is 3.84. The van der Waals surface area contributed by atoms with Crippen molar-refractivity contribution in [3.63, 3.8) is 0 Å². The fourth-order valence-electron chi connectivity index (χ4n) is 8.27. The Bertz CT molecular complexity index is 2420. The number of halogens is 1. The quantitative estimate of drug-likeness (QED) is 0.189. The smallest absolute Gasteiger partial charge is 0.363 e. The lowest BCUT2D eigenvalue weighted by Crippen LogP contribution is -2.62. The Hall–Kier alpha value is -5.47. The Labute approximate surface area is 326 Å². The molecular weight excluding hydrogens is 756 g/mol. The highest BCUT2D eigenvalue weighted by atomic mass is 31.2. The third-order valence-electron chi connectivity index (χ3n) is 11.2. The van der Waals surface area contributed by atoms with Crippen molar-refractivity contribution in [3.8, 4) is 0 Å². The van der Waals surface area contributed by atoms with Gasteiger partial charge in [0.25, 0.3) is 11.8 Å². The van der Waals surface area contributed by atoms with Gasteiger partial charge in [-0.15, -0.1) is 0 Å². The molecule has 8 rings (SSSR count). The summed E-state index contributed by atoms with van der Waals surface area (Å²) in [4.78, 5) is 81.3. The van der Waals surface area contributed by atoms with Crippen LogP contribution in [0.1, 0.15) is 68.8 Å². The minimum absolute atomic E-state index is 0.0780. The Morgan fingerprint density at radius 3 is 2.53 bits per heavy atom. The van der Waals surface area contributed by atoms with Gasteiger partial charge in [-0.05, 0) is 78.4 Å². The number of hydrogen-bond donors (Lipinski definition) is 3. The Kier molecular flexibility index (Phi) is 10.4. The summed E-state index contributed by atoms with van der Waals surface area (Å²) in [6.45, 7) is 2.85. The first-order valence-corrected chi connectivity index (χ1v) is 20.5. The van der Waals surface area contributed by atoms with Crippen LogP contribution in [-0.4, -0.2) is 104 Å². The third kappa shape index (κ3) is 7.55. The van der Waals surface area contributed by atoms with Gasteiger partial charge in [0, 0.05) is 24.7 Å². The molecule has 4 amide bonds. The number of nitrogens with one attached hydrogen (secondary N) is 1. The SMILES string of the molecule is Cc1ccc2onc(C(=O)N3CC[C@H]4CC[C@@H](C(=O)N5CCOC[C@H]5c5ccccc5)N4C(=O)[C@@H](NC(=O)c4ccc5ccc(C(F)P(=O)(O)O)cc5c4)C3)c2c1. The molecular formula is C41H41FN5O9P. The second kappa shape index (κ2) is 15.5. The molecule has 1 aromatic heterocycles. The molecule has 0 spiro atoms. The topological polar surface area (TPSA) is 183 Å². The summed E-state index contributed by atoms with van der Waals surface area (Å²) in [5.41, 5.74) is 2.15. The zero-order valence-electron chi connectivity index (χ0n) is 31.0. The number of benzene rings is 4. The molecule has 5 atom stereocenters. The standard InChI is InChI=1S/C41H41FN5O9P/c1-24-7-14-35-31(19-24)36(44-56-35)41(51)45-16-15-30-12-13-33(40(50)46-17-18-55-23-34(46)26-5-3-2-4-6-26)47(30)39(49)32(22-45)43-38(48)28-11-9-25-8-10-27(20-29(25)21-28)37(42)57(52,53)54/h2-11,14,19-21,30,32-34,37H,12-13,15-18,22-23H2,1H3,(H,43,48)(H2,52,53,54)/t30-,32+,33+,34+,37?/m1/s1. The van der Waals surface area contributed by atoms with Crippen LogP contribution in [0, 0.1) is 6.92 Å². The number of fused-ring (bicyclic) bond motifs is 3. The molecule has 1 unspecified atom stereocenters. The summed E-state index contributed by atoms with van der Waals surface area (Å²) < 4.78 is 37.5. The van der Waals surface area contributed by atoms with Crippen molar-refractivity contribution in [2.75, 3.05) is 32.8 Å². The number of rotatable bonds is 7.